The molecule has 0 radical (unpaired) electrons. The quantitative estimate of drug-likeness (QED) is 0.828. The maximum atomic E-state index is 13.0. The Bertz CT molecular complexity index is 743. The van der Waals surface area contributed by atoms with Crippen LogP contribution < -0.4 is 5.32 Å². The summed E-state index contributed by atoms with van der Waals surface area (Å²) in [6.45, 7) is 4.42. The van der Waals surface area contributed by atoms with Crippen molar-refractivity contribution in [2.24, 2.45) is 0 Å². The number of aliphatic hydroxyl groups is 1. The number of nitrogens with zero attached hydrogens (tertiary/aromatic N) is 3. The Labute approximate surface area is 154 Å². The predicted octanol–water partition coefficient (Wildman–Crippen LogP) is 3.76. The van der Waals surface area contributed by atoms with Crippen LogP contribution in [0, 0.1) is 0 Å². The van der Waals surface area contributed by atoms with Crippen molar-refractivity contribution in [2.75, 3.05) is 18.5 Å². The summed E-state index contributed by atoms with van der Waals surface area (Å²) >= 11 is 0. The molecule has 6 nitrogen and oxygen atoms in total. The van der Waals surface area contributed by atoms with E-state index in [0.29, 0.717) is 12.4 Å². The highest BCUT2D eigenvalue weighted by Gasteiger charge is 2.29. The molecule has 1 aliphatic rings. The number of fused-ring (bicyclic) bond motifs is 1. The molecule has 0 aliphatic heterocycles. The standard InChI is InChI=1S/C20H28N4O2/c1-3-15(2)24-19(11-12-21-24)22-20(26)23(13-14-25)18-10-6-8-16-7-4-5-9-17(16)18/h4-5,7,9,11-12,15,18,25H,3,6,8,10,13-14H2,1-2H3,(H,22,26)/t15-,18-/m0/s1. The molecule has 2 N–H and O–H groups in total. The van der Waals surface area contributed by atoms with Crippen molar-refractivity contribution in [3.8, 4) is 0 Å². The van der Waals surface area contributed by atoms with E-state index >= 15 is 0 Å². The maximum absolute atomic E-state index is 13.0. The van der Waals surface area contributed by atoms with E-state index in [1.807, 2.05) is 22.9 Å². The van der Waals surface area contributed by atoms with Crippen LogP contribution >= 0.6 is 0 Å². The molecule has 2 aromatic rings. The molecule has 0 saturated heterocycles. The molecule has 1 aliphatic carbocycles. The normalized spacial score (nSPS) is 17.4. The molecule has 26 heavy (non-hydrogen) atoms. The van der Waals surface area contributed by atoms with Gasteiger partial charge in [-0.15, -0.1) is 0 Å². The molecule has 0 bridgehead atoms. The lowest BCUT2D eigenvalue weighted by atomic mass is 9.87. The van der Waals surface area contributed by atoms with E-state index in [9.17, 15) is 9.90 Å². The van der Waals surface area contributed by atoms with E-state index in [0.717, 1.165) is 25.7 Å². The van der Waals surface area contributed by atoms with Crippen LogP contribution in [0.5, 0.6) is 0 Å². The first-order valence-corrected chi connectivity index (χ1v) is 9.45. The second kappa shape index (κ2) is 8.36. The Morgan fingerprint density at radius 1 is 1.42 bits per heavy atom. The summed E-state index contributed by atoms with van der Waals surface area (Å²) in [5.74, 6) is 0.691. The molecule has 6 heteroatoms. The van der Waals surface area contributed by atoms with Crippen molar-refractivity contribution in [1.29, 1.82) is 0 Å². The third-order valence-corrected chi connectivity index (χ3v) is 5.23. The number of nitrogens with one attached hydrogen (secondary N) is 1. The van der Waals surface area contributed by atoms with Crippen LogP contribution in [0.15, 0.2) is 36.5 Å². The van der Waals surface area contributed by atoms with Gasteiger partial charge in [-0.25, -0.2) is 9.48 Å². The first kappa shape index (κ1) is 18.5. The number of aliphatic hydroxyl groups excluding tert-OH is 1. The summed E-state index contributed by atoms with van der Waals surface area (Å²) in [7, 11) is 0. The zero-order valence-corrected chi connectivity index (χ0v) is 15.6. The molecular formula is C20H28N4O2. The summed E-state index contributed by atoms with van der Waals surface area (Å²) in [6.07, 6.45) is 5.63. The Hall–Kier alpha value is -2.34. The van der Waals surface area contributed by atoms with Crippen LogP contribution in [-0.4, -0.2) is 39.0 Å². The van der Waals surface area contributed by atoms with Gasteiger partial charge in [0.05, 0.1) is 24.9 Å². The van der Waals surface area contributed by atoms with Gasteiger partial charge in [0, 0.05) is 12.6 Å². The molecule has 2 atom stereocenters. The van der Waals surface area contributed by atoms with Crippen LogP contribution in [-0.2, 0) is 6.42 Å². The first-order valence-electron chi connectivity index (χ1n) is 9.45. The van der Waals surface area contributed by atoms with Crippen LogP contribution in [0.3, 0.4) is 0 Å². The lowest BCUT2D eigenvalue weighted by molar-refractivity contribution is 0.154. The Kier molecular flexibility index (Phi) is 5.93. The van der Waals surface area contributed by atoms with E-state index in [-0.39, 0.29) is 24.7 Å². The number of carbonyl (C=O) groups is 1. The highest BCUT2D eigenvalue weighted by atomic mass is 16.3. The average Bonchev–Trinajstić information content (AvgIpc) is 3.13. The van der Waals surface area contributed by atoms with Gasteiger partial charge >= 0.3 is 6.03 Å². The predicted molar refractivity (Wildman–Crippen MR) is 102 cm³/mol. The van der Waals surface area contributed by atoms with Crippen molar-refractivity contribution >= 4 is 11.8 Å². The molecule has 0 spiro atoms. The van der Waals surface area contributed by atoms with Crippen molar-refractivity contribution < 1.29 is 9.90 Å². The number of aromatic nitrogens is 2. The third kappa shape index (κ3) is 3.75. The number of aryl methyl sites for hydroxylation is 1. The van der Waals surface area contributed by atoms with Crippen molar-refractivity contribution in [3.63, 3.8) is 0 Å². The number of hydrogen-bond acceptors (Lipinski definition) is 3. The van der Waals surface area contributed by atoms with E-state index in [4.69, 9.17) is 0 Å². The smallest absolute Gasteiger partial charge is 0.323 e. The summed E-state index contributed by atoms with van der Waals surface area (Å²) in [5, 5.41) is 16.9. The minimum atomic E-state index is -0.189. The van der Waals surface area contributed by atoms with Gasteiger partial charge in [0.2, 0.25) is 0 Å². The zero-order chi connectivity index (χ0) is 18.5. The largest absolute Gasteiger partial charge is 0.395 e. The highest BCUT2D eigenvalue weighted by Crippen LogP contribution is 2.34. The fraction of sp³-hybridized carbons (Fsp3) is 0.500. The van der Waals surface area contributed by atoms with Gasteiger partial charge in [0.15, 0.2) is 0 Å². The van der Waals surface area contributed by atoms with E-state index < -0.39 is 0 Å². The number of urea groups is 1. The minimum Gasteiger partial charge on any atom is -0.395 e. The molecule has 0 saturated carbocycles. The van der Waals surface area contributed by atoms with Crippen molar-refractivity contribution in [2.45, 2.75) is 51.6 Å². The molecular weight excluding hydrogens is 328 g/mol. The van der Waals surface area contributed by atoms with Crippen molar-refractivity contribution in [3.05, 3.63) is 47.7 Å². The highest BCUT2D eigenvalue weighted by molar-refractivity contribution is 5.88. The minimum absolute atomic E-state index is 0.00734. The number of rotatable bonds is 6. The van der Waals surface area contributed by atoms with Gasteiger partial charge in [-0.05, 0) is 43.7 Å². The second-order valence-electron chi connectivity index (χ2n) is 6.87. The fourth-order valence-corrected chi connectivity index (χ4v) is 3.68. The number of anilines is 1. The summed E-state index contributed by atoms with van der Waals surface area (Å²) in [5.41, 5.74) is 2.49. The van der Waals surface area contributed by atoms with Gasteiger partial charge in [0.1, 0.15) is 5.82 Å². The number of hydrogen-bond donors (Lipinski definition) is 2. The van der Waals surface area contributed by atoms with Gasteiger partial charge in [-0.3, -0.25) is 5.32 Å². The number of amides is 2. The molecule has 2 amide bonds. The first-order chi connectivity index (χ1) is 12.7. The van der Waals surface area contributed by atoms with E-state index in [1.165, 1.54) is 11.1 Å². The molecule has 1 heterocycles. The van der Waals surface area contributed by atoms with Gasteiger partial charge in [0.25, 0.3) is 0 Å². The molecule has 0 fully saturated rings. The van der Waals surface area contributed by atoms with E-state index in [1.54, 1.807) is 11.1 Å². The SMILES string of the molecule is CC[C@H](C)n1nccc1NC(=O)N(CCO)[C@H]1CCCc2ccccc21. The van der Waals surface area contributed by atoms with Crippen LogP contribution in [0.4, 0.5) is 10.6 Å². The van der Waals surface area contributed by atoms with Crippen LogP contribution in [0.2, 0.25) is 0 Å². The topological polar surface area (TPSA) is 70.4 Å². The Balaban J connectivity index is 1.83. The van der Waals surface area contributed by atoms with Crippen LogP contribution in [0.1, 0.15) is 56.3 Å². The summed E-state index contributed by atoms with van der Waals surface area (Å²) in [4.78, 5) is 14.8. The summed E-state index contributed by atoms with van der Waals surface area (Å²) < 4.78 is 1.84. The molecule has 3 rings (SSSR count). The second-order valence-corrected chi connectivity index (χ2v) is 6.87. The summed E-state index contributed by atoms with van der Waals surface area (Å²) in [6, 6.07) is 10.1. The van der Waals surface area contributed by atoms with Crippen molar-refractivity contribution in [1.82, 2.24) is 14.7 Å². The average molecular weight is 356 g/mol. The van der Waals surface area contributed by atoms with Gasteiger partial charge in [-0.1, -0.05) is 31.2 Å². The molecule has 1 aromatic carbocycles. The lowest BCUT2D eigenvalue weighted by Gasteiger charge is -2.35. The van der Waals surface area contributed by atoms with Crippen LogP contribution in [0.25, 0.3) is 0 Å². The molecule has 0 unspecified atom stereocenters. The monoisotopic (exact) mass is 356 g/mol. The van der Waals surface area contributed by atoms with Gasteiger partial charge in [-0.2, -0.15) is 5.10 Å². The van der Waals surface area contributed by atoms with E-state index in [2.05, 4.69) is 36.4 Å². The zero-order valence-electron chi connectivity index (χ0n) is 15.6. The Morgan fingerprint density at radius 2 is 2.23 bits per heavy atom. The number of benzene rings is 1. The maximum Gasteiger partial charge on any atom is 0.323 e. The van der Waals surface area contributed by atoms with Gasteiger partial charge < -0.3 is 10.0 Å². The Morgan fingerprint density at radius 3 is 3.00 bits per heavy atom. The number of carbonyl (C=O) groups excluding carboxylic acids is 1. The lowest BCUT2D eigenvalue weighted by Crippen LogP contribution is -2.41. The third-order valence-electron chi connectivity index (χ3n) is 5.23. The fourth-order valence-electron chi connectivity index (χ4n) is 3.68. The molecule has 140 valence electrons. The molecule has 1 aromatic heterocycles.